The predicted octanol–water partition coefficient (Wildman–Crippen LogP) is 3.32. The highest BCUT2D eigenvalue weighted by Crippen LogP contribution is 2.12. The van der Waals surface area contributed by atoms with Crippen LogP contribution in [0, 0.1) is 0 Å². The molecule has 1 rings (SSSR count). The van der Waals surface area contributed by atoms with E-state index in [1.807, 2.05) is 0 Å². The summed E-state index contributed by atoms with van der Waals surface area (Å²) in [5.74, 6) is 0. The van der Waals surface area contributed by atoms with Gasteiger partial charge < -0.3 is 0 Å². The highest BCUT2D eigenvalue weighted by molar-refractivity contribution is 7.37. The first-order valence-corrected chi connectivity index (χ1v) is 6.09. The molecule has 1 atom stereocenters. The van der Waals surface area contributed by atoms with E-state index in [1.165, 1.54) is 39.3 Å². The molecule has 1 heteroatoms. The van der Waals surface area contributed by atoms with E-state index in [0.29, 0.717) is 0 Å². The molecule has 0 aliphatic carbocycles. The van der Waals surface area contributed by atoms with Crippen LogP contribution in [0.1, 0.15) is 18.9 Å². The Labute approximate surface area is 77.2 Å². The monoisotopic (exact) mass is 180 g/mol. The number of benzene rings is 1. The molecule has 1 aromatic rings. The Bertz CT molecular complexity index is 193. The summed E-state index contributed by atoms with van der Waals surface area (Å²) in [5, 5.41) is 0. The topological polar surface area (TPSA) is 0 Å². The molecule has 0 saturated carbocycles. The highest BCUT2D eigenvalue weighted by Gasteiger charge is 1.90. The Balaban J connectivity index is 2.16. The summed E-state index contributed by atoms with van der Waals surface area (Å²) in [4.78, 5) is 0. The molecule has 0 saturated heterocycles. The molecule has 0 N–H and O–H groups in total. The molecule has 0 aliphatic rings. The second kappa shape index (κ2) is 6.20. The molecule has 1 unspecified atom stereocenters. The van der Waals surface area contributed by atoms with Gasteiger partial charge in [0.15, 0.2) is 0 Å². The third kappa shape index (κ3) is 3.88. The van der Waals surface area contributed by atoms with Crippen LogP contribution in [0.25, 0.3) is 0 Å². The first-order chi connectivity index (χ1) is 5.93. The van der Waals surface area contributed by atoms with Crippen LogP contribution in [0.2, 0.25) is 0 Å². The van der Waals surface area contributed by atoms with Gasteiger partial charge in [-0.05, 0) is 30.7 Å². The van der Waals surface area contributed by atoms with E-state index in [4.69, 9.17) is 0 Å². The summed E-state index contributed by atoms with van der Waals surface area (Å²) >= 11 is 0. The molecular weight excluding hydrogens is 163 g/mol. The van der Waals surface area contributed by atoms with Gasteiger partial charge in [-0.1, -0.05) is 37.3 Å². The van der Waals surface area contributed by atoms with Gasteiger partial charge in [0.1, 0.15) is 0 Å². The van der Waals surface area contributed by atoms with E-state index < -0.39 is 0 Å². The van der Waals surface area contributed by atoms with Gasteiger partial charge in [0, 0.05) is 0 Å². The Kier molecular flexibility index (Phi) is 5.03. The van der Waals surface area contributed by atoms with Crippen molar-refractivity contribution < 1.29 is 0 Å². The van der Waals surface area contributed by atoms with Crippen molar-refractivity contribution in [3.63, 3.8) is 0 Å². The second-order valence-electron chi connectivity index (χ2n) is 2.94. The zero-order valence-corrected chi connectivity index (χ0v) is 8.72. The second-order valence-corrected chi connectivity index (χ2v) is 4.65. The van der Waals surface area contributed by atoms with E-state index in [2.05, 4.69) is 37.3 Å². The highest BCUT2D eigenvalue weighted by atomic mass is 31.1. The Morgan fingerprint density at radius 1 is 1.17 bits per heavy atom. The maximum absolute atomic E-state index is 2.26. The lowest BCUT2D eigenvalue weighted by Crippen LogP contribution is -1.86. The fourth-order valence-electron chi connectivity index (χ4n) is 1.24. The summed E-state index contributed by atoms with van der Waals surface area (Å²) in [7, 11) is 1.17. The molecule has 0 amide bonds. The first kappa shape index (κ1) is 9.74. The molecule has 0 bridgehead atoms. The molecular formula is C11H17P. The first-order valence-electron chi connectivity index (χ1n) is 4.68. The molecule has 0 nitrogen and oxygen atoms in total. The molecule has 0 aromatic heterocycles. The van der Waals surface area contributed by atoms with Crippen LogP contribution in [0.4, 0.5) is 0 Å². The minimum atomic E-state index is 1.17. The average Bonchev–Trinajstić information content (AvgIpc) is 2.14. The minimum Gasteiger partial charge on any atom is -0.122 e. The lowest BCUT2D eigenvalue weighted by molar-refractivity contribution is 0.930. The number of hydrogen-bond donors (Lipinski definition) is 0. The number of rotatable bonds is 5. The van der Waals surface area contributed by atoms with Crippen LogP contribution in [-0.4, -0.2) is 12.3 Å². The fraction of sp³-hybridized carbons (Fsp3) is 0.455. The predicted molar refractivity (Wildman–Crippen MR) is 58.5 cm³/mol. The smallest absolute Gasteiger partial charge is 0.0276 e. The van der Waals surface area contributed by atoms with E-state index in [-0.39, 0.29) is 0 Å². The summed E-state index contributed by atoms with van der Waals surface area (Å²) in [6.07, 6.45) is 5.38. The van der Waals surface area contributed by atoms with Crippen molar-refractivity contribution in [3.05, 3.63) is 35.9 Å². The molecule has 1 aromatic carbocycles. The molecule has 0 radical (unpaired) electrons. The minimum absolute atomic E-state index is 1.17. The Morgan fingerprint density at radius 2 is 1.92 bits per heavy atom. The van der Waals surface area contributed by atoms with Crippen LogP contribution in [0.15, 0.2) is 30.3 Å². The SMILES string of the molecule is CCPCCCc1ccccc1. The van der Waals surface area contributed by atoms with Gasteiger partial charge in [0.25, 0.3) is 0 Å². The normalized spacial score (nSPS) is 11.1. The summed E-state index contributed by atoms with van der Waals surface area (Å²) in [6, 6.07) is 10.8. The average molecular weight is 180 g/mol. The maximum atomic E-state index is 2.26. The molecule has 0 heterocycles. The van der Waals surface area contributed by atoms with Crippen LogP contribution in [-0.2, 0) is 6.42 Å². The van der Waals surface area contributed by atoms with Gasteiger partial charge in [0.2, 0.25) is 0 Å². The largest absolute Gasteiger partial charge is 0.122 e. The summed E-state index contributed by atoms with van der Waals surface area (Å²) in [6.45, 7) is 2.26. The Morgan fingerprint density at radius 3 is 2.58 bits per heavy atom. The molecule has 0 aliphatic heterocycles. The quantitative estimate of drug-likeness (QED) is 0.481. The summed E-state index contributed by atoms with van der Waals surface area (Å²) < 4.78 is 0. The van der Waals surface area contributed by atoms with E-state index in [0.717, 1.165) is 0 Å². The van der Waals surface area contributed by atoms with Crippen molar-refractivity contribution in [2.24, 2.45) is 0 Å². The van der Waals surface area contributed by atoms with Gasteiger partial charge in [-0.2, -0.15) is 0 Å². The number of hydrogen-bond acceptors (Lipinski definition) is 0. The number of aryl methyl sites for hydroxylation is 1. The Hall–Kier alpha value is -0.350. The fourth-order valence-corrected chi connectivity index (χ4v) is 2.02. The van der Waals surface area contributed by atoms with Gasteiger partial charge in [0.05, 0.1) is 0 Å². The zero-order chi connectivity index (χ0) is 8.65. The lowest BCUT2D eigenvalue weighted by Gasteiger charge is -1.99. The standard InChI is InChI=1S/C11H17P/c1-2-12-10-6-9-11-7-4-3-5-8-11/h3-5,7-8,12H,2,6,9-10H2,1H3. The summed E-state index contributed by atoms with van der Waals surface area (Å²) in [5.41, 5.74) is 1.48. The van der Waals surface area contributed by atoms with Crippen molar-refractivity contribution in [1.29, 1.82) is 0 Å². The van der Waals surface area contributed by atoms with E-state index >= 15 is 0 Å². The van der Waals surface area contributed by atoms with Crippen molar-refractivity contribution in [3.8, 4) is 0 Å². The van der Waals surface area contributed by atoms with Crippen LogP contribution < -0.4 is 0 Å². The molecule has 0 fully saturated rings. The van der Waals surface area contributed by atoms with Crippen molar-refractivity contribution in [1.82, 2.24) is 0 Å². The van der Waals surface area contributed by atoms with Crippen LogP contribution >= 0.6 is 8.58 Å². The van der Waals surface area contributed by atoms with Crippen molar-refractivity contribution in [2.75, 3.05) is 12.3 Å². The van der Waals surface area contributed by atoms with Crippen LogP contribution in [0.5, 0.6) is 0 Å². The van der Waals surface area contributed by atoms with E-state index in [9.17, 15) is 0 Å². The van der Waals surface area contributed by atoms with Crippen LogP contribution in [0.3, 0.4) is 0 Å². The van der Waals surface area contributed by atoms with Gasteiger partial charge in [-0.15, -0.1) is 8.58 Å². The van der Waals surface area contributed by atoms with Gasteiger partial charge in [-0.3, -0.25) is 0 Å². The third-order valence-corrected chi connectivity index (χ3v) is 3.12. The maximum Gasteiger partial charge on any atom is -0.0276 e. The lowest BCUT2D eigenvalue weighted by atomic mass is 10.1. The molecule has 0 spiro atoms. The molecule has 12 heavy (non-hydrogen) atoms. The van der Waals surface area contributed by atoms with E-state index in [1.54, 1.807) is 0 Å². The van der Waals surface area contributed by atoms with Gasteiger partial charge >= 0.3 is 0 Å². The zero-order valence-electron chi connectivity index (χ0n) is 7.72. The molecule has 66 valence electrons. The van der Waals surface area contributed by atoms with Crippen molar-refractivity contribution in [2.45, 2.75) is 19.8 Å². The van der Waals surface area contributed by atoms with Gasteiger partial charge in [-0.25, -0.2) is 0 Å². The third-order valence-electron chi connectivity index (χ3n) is 1.91. The van der Waals surface area contributed by atoms with Crippen molar-refractivity contribution >= 4 is 8.58 Å².